The summed E-state index contributed by atoms with van der Waals surface area (Å²) in [7, 11) is 0. The van der Waals surface area contributed by atoms with E-state index in [1.165, 1.54) is 0 Å². The van der Waals surface area contributed by atoms with Gasteiger partial charge in [-0.2, -0.15) is 0 Å². The zero-order valence-corrected chi connectivity index (χ0v) is 9.17. The van der Waals surface area contributed by atoms with Crippen molar-refractivity contribution in [3.63, 3.8) is 0 Å². The lowest BCUT2D eigenvalue weighted by atomic mass is 10.2. The van der Waals surface area contributed by atoms with Crippen molar-refractivity contribution in [1.29, 1.82) is 0 Å². The molecule has 0 radical (unpaired) electrons. The van der Waals surface area contributed by atoms with Crippen molar-refractivity contribution in [3.05, 3.63) is 28.2 Å². The molecule has 0 heterocycles. The molecule has 0 spiro atoms. The smallest absolute Gasteiger partial charge is 0.136 e. The van der Waals surface area contributed by atoms with Crippen LogP contribution in [0.25, 0.3) is 0 Å². The van der Waals surface area contributed by atoms with Crippen LogP contribution in [0.3, 0.4) is 0 Å². The van der Waals surface area contributed by atoms with E-state index in [1.807, 2.05) is 25.1 Å². The van der Waals surface area contributed by atoms with Crippen molar-refractivity contribution in [3.8, 4) is 5.75 Å². The van der Waals surface area contributed by atoms with Gasteiger partial charge in [0.1, 0.15) is 5.75 Å². The first-order chi connectivity index (χ1) is 6.25. The molecule has 1 N–H and O–H groups in total. The highest BCUT2D eigenvalue weighted by Crippen LogP contribution is 2.28. The van der Waals surface area contributed by atoms with Crippen LogP contribution in [0, 0.1) is 6.92 Å². The maximum absolute atomic E-state index is 8.59. The van der Waals surface area contributed by atoms with Crippen molar-refractivity contribution in [1.82, 2.24) is 0 Å². The van der Waals surface area contributed by atoms with E-state index in [4.69, 9.17) is 9.84 Å². The Morgan fingerprint density at radius 1 is 1.46 bits per heavy atom. The monoisotopic (exact) mass is 244 g/mol. The Kier molecular flexibility index (Phi) is 4.25. The molecule has 0 atom stereocenters. The van der Waals surface area contributed by atoms with Gasteiger partial charge < -0.3 is 9.84 Å². The molecule has 0 aliphatic carbocycles. The molecular formula is C10H13BrO2. The van der Waals surface area contributed by atoms with Crippen LogP contribution in [-0.2, 0) is 0 Å². The molecule has 0 aliphatic rings. The second kappa shape index (κ2) is 5.25. The van der Waals surface area contributed by atoms with Crippen molar-refractivity contribution in [2.75, 3.05) is 13.2 Å². The number of aliphatic hydroxyl groups excluding tert-OH is 1. The summed E-state index contributed by atoms with van der Waals surface area (Å²) in [6.45, 7) is 2.72. The molecule has 13 heavy (non-hydrogen) atoms. The number of hydrogen-bond donors (Lipinski definition) is 1. The second-order valence-electron chi connectivity index (χ2n) is 2.81. The third kappa shape index (κ3) is 3.01. The number of aliphatic hydroxyl groups is 1. The molecular weight excluding hydrogens is 232 g/mol. The molecule has 3 heteroatoms. The van der Waals surface area contributed by atoms with Gasteiger partial charge in [-0.3, -0.25) is 0 Å². The van der Waals surface area contributed by atoms with Crippen LogP contribution in [0.15, 0.2) is 22.7 Å². The number of aryl methyl sites for hydroxylation is 1. The van der Waals surface area contributed by atoms with Crippen LogP contribution in [0.5, 0.6) is 5.75 Å². The van der Waals surface area contributed by atoms with Crippen LogP contribution >= 0.6 is 15.9 Å². The molecule has 0 saturated heterocycles. The SMILES string of the molecule is Cc1cccc(Br)c1OCCCO. The van der Waals surface area contributed by atoms with Gasteiger partial charge in [-0.25, -0.2) is 0 Å². The highest BCUT2D eigenvalue weighted by Gasteiger charge is 2.03. The van der Waals surface area contributed by atoms with Crippen LogP contribution in [0.1, 0.15) is 12.0 Å². The molecule has 0 aromatic heterocycles. The molecule has 1 aromatic rings. The molecule has 0 aliphatic heterocycles. The molecule has 0 fully saturated rings. The van der Waals surface area contributed by atoms with Gasteiger partial charge in [0, 0.05) is 13.0 Å². The van der Waals surface area contributed by atoms with E-state index >= 15 is 0 Å². The molecule has 1 rings (SSSR count). The third-order valence-corrected chi connectivity index (χ3v) is 2.34. The summed E-state index contributed by atoms with van der Waals surface area (Å²) >= 11 is 3.41. The maximum atomic E-state index is 8.59. The topological polar surface area (TPSA) is 29.5 Å². The fourth-order valence-corrected chi connectivity index (χ4v) is 1.62. The predicted molar refractivity (Wildman–Crippen MR) is 56.1 cm³/mol. The summed E-state index contributed by atoms with van der Waals surface area (Å²) in [5, 5.41) is 8.59. The fraction of sp³-hybridized carbons (Fsp3) is 0.400. The molecule has 1 aromatic carbocycles. The van der Waals surface area contributed by atoms with E-state index < -0.39 is 0 Å². The molecule has 0 bridgehead atoms. The van der Waals surface area contributed by atoms with Gasteiger partial charge in [-0.1, -0.05) is 12.1 Å². The van der Waals surface area contributed by atoms with Crippen molar-refractivity contribution in [2.45, 2.75) is 13.3 Å². The first kappa shape index (κ1) is 10.5. The number of benzene rings is 1. The zero-order valence-electron chi connectivity index (χ0n) is 7.59. The number of para-hydroxylation sites is 1. The summed E-state index contributed by atoms with van der Waals surface area (Å²) in [6.07, 6.45) is 0.667. The standard InChI is InChI=1S/C10H13BrO2/c1-8-4-2-5-9(11)10(8)13-7-3-6-12/h2,4-5,12H,3,6-7H2,1H3. The van der Waals surface area contributed by atoms with Gasteiger partial charge in [0.15, 0.2) is 0 Å². The van der Waals surface area contributed by atoms with Crippen LogP contribution in [-0.4, -0.2) is 18.3 Å². The lowest BCUT2D eigenvalue weighted by Gasteiger charge is -2.09. The molecule has 2 nitrogen and oxygen atoms in total. The van der Waals surface area contributed by atoms with E-state index in [0.29, 0.717) is 13.0 Å². The summed E-state index contributed by atoms with van der Waals surface area (Å²) in [4.78, 5) is 0. The third-order valence-electron chi connectivity index (χ3n) is 1.71. The number of hydrogen-bond acceptors (Lipinski definition) is 2. The van der Waals surface area contributed by atoms with Gasteiger partial charge in [0.2, 0.25) is 0 Å². The average Bonchev–Trinajstić information content (AvgIpc) is 2.10. The van der Waals surface area contributed by atoms with Crippen molar-refractivity contribution >= 4 is 15.9 Å². The minimum absolute atomic E-state index is 0.170. The van der Waals surface area contributed by atoms with E-state index in [2.05, 4.69) is 15.9 Å². The lowest BCUT2D eigenvalue weighted by molar-refractivity contribution is 0.232. The predicted octanol–water partition coefficient (Wildman–Crippen LogP) is 2.52. The van der Waals surface area contributed by atoms with Gasteiger partial charge in [0.25, 0.3) is 0 Å². The van der Waals surface area contributed by atoms with Crippen LogP contribution in [0.2, 0.25) is 0 Å². The lowest BCUT2D eigenvalue weighted by Crippen LogP contribution is -2.01. The Bertz CT molecular complexity index is 253. The molecule has 0 amide bonds. The zero-order chi connectivity index (χ0) is 9.68. The number of rotatable bonds is 4. The number of halogens is 1. The Morgan fingerprint density at radius 3 is 2.85 bits per heavy atom. The van der Waals surface area contributed by atoms with Gasteiger partial charge in [-0.15, -0.1) is 0 Å². The van der Waals surface area contributed by atoms with Gasteiger partial charge in [0.05, 0.1) is 11.1 Å². The molecule has 0 saturated carbocycles. The largest absolute Gasteiger partial charge is 0.492 e. The maximum Gasteiger partial charge on any atom is 0.136 e. The summed E-state index contributed by atoms with van der Waals surface area (Å²) in [5.74, 6) is 0.871. The minimum atomic E-state index is 0.170. The molecule has 72 valence electrons. The minimum Gasteiger partial charge on any atom is -0.492 e. The van der Waals surface area contributed by atoms with Crippen molar-refractivity contribution < 1.29 is 9.84 Å². The van der Waals surface area contributed by atoms with Crippen LogP contribution in [0.4, 0.5) is 0 Å². The first-order valence-corrected chi connectivity index (χ1v) is 5.04. The fourth-order valence-electron chi connectivity index (χ4n) is 1.04. The van der Waals surface area contributed by atoms with Gasteiger partial charge >= 0.3 is 0 Å². The summed E-state index contributed by atoms with van der Waals surface area (Å²) < 4.78 is 6.46. The summed E-state index contributed by atoms with van der Waals surface area (Å²) in [6, 6.07) is 5.92. The molecule has 0 unspecified atom stereocenters. The Labute approximate surface area is 86.7 Å². The normalized spacial score (nSPS) is 10.1. The quantitative estimate of drug-likeness (QED) is 0.826. The van der Waals surface area contributed by atoms with E-state index in [9.17, 15) is 0 Å². The van der Waals surface area contributed by atoms with E-state index in [1.54, 1.807) is 0 Å². The Hall–Kier alpha value is -0.540. The second-order valence-corrected chi connectivity index (χ2v) is 3.67. The Morgan fingerprint density at radius 2 is 2.23 bits per heavy atom. The van der Waals surface area contributed by atoms with Crippen molar-refractivity contribution in [2.24, 2.45) is 0 Å². The highest BCUT2D eigenvalue weighted by atomic mass is 79.9. The van der Waals surface area contributed by atoms with E-state index in [-0.39, 0.29) is 6.61 Å². The Balaban J connectivity index is 2.64. The first-order valence-electron chi connectivity index (χ1n) is 4.24. The summed E-state index contributed by atoms with van der Waals surface area (Å²) in [5.41, 5.74) is 1.10. The number of ether oxygens (including phenoxy) is 1. The average molecular weight is 245 g/mol. The van der Waals surface area contributed by atoms with E-state index in [0.717, 1.165) is 15.8 Å². The van der Waals surface area contributed by atoms with Gasteiger partial charge in [-0.05, 0) is 34.5 Å². The van der Waals surface area contributed by atoms with Crippen LogP contribution < -0.4 is 4.74 Å². The highest BCUT2D eigenvalue weighted by molar-refractivity contribution is 9.10.